The van der Waals surface area contributed by atoms with Crippen LogP contribution in [0.1, 0.15) is 61.9 Å². The van der Waals surface area contributed by atoms with Crippen LogP contribution < -0.4 is 10.1 Å². The fraction of sp³-hybridized carbons (Fsp3) is 0.655. The molecule has 2 unspecified atom stereocenters. The highest BCUT2D eigenvalue weighted by atomic mass is 16.5. The SMILES string of the molecule is C=C1CCC(N2Cc3cc(OC4CCC[C@H]4N(CC4(C)COC4)CC4(C)COC4)ccc3C2=O)C(=O)N1. The smallest absolute Gasteiger partial charge is 0.255 e. The van der Waals surface area contributed by atoms with Gasteiger partial charge in [0, 0.05) is 47.8 Å². The average Bonchev–Trinajstić information content (AvgIpc) is 3.41. The molecule has 3 saturated heterocycles. The van der Waals surface area contributed by atoms with Crippen molar-refractivity contribution in [3.05, 3.63) is 41.6 Å². The van der Waals surface area contributed by atoms with Crippen LogP contribution in [0, 0.1) is 10.8 Å². The second-order valence-corrected chi connectivity index (χ2v) is 12.6. The van der Waals surface area contributed by atoms with Crippen molar-refractivity contribution < 1.29 is 23.8 Å². The number of nitrogens with one attached hydrogen (secondary N) is 1. The van der Waals surface area contributed by atoms with E-state index in [1.807, 2.05) is 18.2 Å². The van der Waals surface area contributed by atoms with Crippen molar-refractivity contribution in [2.24, 2.45) is 10.8 Å². The van der Waals surface area contributed by atoms with Gasteiger partial charge in [0.25, 0.3) is 5.91 Å². The summed E-state index contributed by atoms with van der Waals surface area (Å²) < 4.78 is 17.8. The van der Waals surface area contributed by atoms with Crippen molar-refractivity contribution >= 4 is 11.8 Å². The maximum atomic E-state index is 13.1. The molecular weight excluding hydrogens is 470 g/mol. The van der Waals surface area contributed by atoms with Gasteiger partial charge in [0.2, 0.25) is 5.91 Å². The van der Waals surface area contributed by atoms with E-state index in [9.17, 15) is 9.59 Å². The van der Waals surface area contributed by atoms with Crippen LogP contribution in [0.2, 0.25) is 0 Å². The molecule has 8 heteroatoms. The summed E-state index contributed by atoms with van der Waals surface area (Å²) in [6, 6.07) is 5.70. The highest BCUT2D eigenvalue weighted by Crippen LogP contribution is 2.38. The lowest BCUT2D eigenvalue weighted by Gasteiger charge is -2.49. The monoisotopic (exact) mass is 509 g/mol. The molecule has 5 aliphatic rings. The maximum Gasteiger partial charge on any atom is 0.255 e. The number of ether oxygens (including phenoxy) is 3. The van der Waals surface area contributed by atoms with Gasteiger partial charge < -0.3 is 24.4 Å². The van der Waals surface area contributed by atoms with Gasteiger partial charge in [-0.3, -0.25) is 14.5 Å². The number of hydrogen-bond donors (Lipinski definition) is 1. The molecule has 0 spiro atoms. The topological polar surface area (TPSA) is 80.3 Å². The Labute approximate surface area is 219 Å². The van der Waals surface area contributed by atoms with Gasteiger partial charge in [-0.15, -0.1) is 0 Å². The zero-order chi connectivity index (χ0) is 25.8. The van der Waals surface area contributed by atoms with Gasteiger partial charge in [-0.1, -0.05) is 20.4 Å². The first-order valence-corrected chi connectivity index (χ1v) is 13.7. The molecule has 1 N–H and O–H groups in total. The Morgan fingerprint density at radius 2 is 1.78 bits per heavy atom. The van der Waals surface area contributed by atoms with Gasteiger partial charge in [0.05, 0.1) is 26.4 Å². The van der Waals surface area contributed by atoms with Crippen molar-refractivity contribution in [2.45, 2.75) is 70.7 Å². The van der Waals surface area contributed by atoms with Crippen LogP contribution in [0.25, 0.3) is 0 Å². The van der Waals surface area contributed by atoms with E-state index in [2.05, 4.69) is 30.6 Å². The summed E-state index contributed by atoms with van der Waals surface area (Å²) in [5, 5.41) is 2.81. The van der Waals surface area contributed by atoms with E-state index in [0.29, 0.717) is 31.0 Å². The number of allylic oxidation sites excluding steroid dienone is 1. The van der Waals surface area contributed by atoms with E-state index >= 15 is 0 Å². The van der Waals surface area contributed by atoms with Gasteiger partial charge in [-0.2, -0.15) is 0 Å². The summed E-state index contributed by atoms with van der Waals surface area (Å²) >= 11 is 0. The van der Waals surface area contributed by atoms with Crippen LogP contribution in [0.3, 0.4) is 0 Å². The Bertz CT molecular complexity index is 1070. The third-order valence-electron chi connectivity index (χ3n) is 8.75. The van der Waals surface area contributed by atoms with Crippen LogP contribution in [-0.4, -0.2) is 79.3 Å². The summed E-state index contributed by atoms with van der Waals surface area (Å²) in [7, 11) is 0. The molecule has 1 saturated carbocycles. The highest BCUT2D eigenvalue weighted by molar-refractivity contribution is 6.01. The van der Waals surface area contributed by atoms with Gasteiger partial charge in [-0.25, -0.2) is 0 Å². The molecule has 3 atom stereocenters. The van der Waals surface area contributed by atoms with Crippen LogP contribution in [0.4, 0.5) is 0 Å². The quantitative estimate of drug-likeness (QED) is 0.580. The zero-order valence-electron chi connectivity index (χ0n) is 22.1. The van der Waals surface area contributed by atoms with E-state index in [-0.39, 0.29) is 28.7 Å². The van der Waals surface area contributed by atoms with E-state index in [1.54, 1.807) is 4.90 Å². The van der Waals surface area contributed by atoms with Crippen molar-refractivity contribution in [2.75, 3.05) is 39.5 Å². The summed E-state index contributed by atoms with van der Waals surface area (Å²) in [5.41, 5.74) is 2.72. The van der Waals surface area contributed by atoms with Crippen molar-refractivity contribution in [1.29, 1.82) is 0 Å². The van der Waals surface area contributed by atoms with Crippen molar-refractivity contribution in [3.63, 3.8) is 0 Å². The minimum absolute atomic E-state index is 0.0777. The summed E-state index contributed by atoms with van der Waals surface area (Å²) in [6.07, 6.45) is 4.71. The second kappa shape index (κ2) is 9.40. The van der Waals surface area contributed by atoms with Gasteiger partial charge in [0.15, 0.2) is 0 Å². The summed E-state index contributed by atoms with van der Waals surface area (Å²) in [4.78, 5) is 30.0. The summed E-state index contributed by atoms with van der Waals surface area (Å²) in [6.45, 7) is 14.2. The molecule has 4 fully saturated rings. The minimum atomic E-state index is -0.448. The third-order valence-corrected chi connectivity index (χ3v) is 8.75. The first kappa shape index (κ1) is 24.9. The first-order chi connectivity index (χ1) is 17.7. The molecule has 8 nitrogen and oxygen atoms in total. The average molecular weight is 510 g/mol. The van der Waals surface area contributed by atoms with Crippen LogP contribution in [0.5, 0.6) is 5.75 Å². The number of fused-ring (bicyclic) bond motifs is 1. The number of carbonyl (C=O) groups is 2. The lowest BCUT2D eigenvalue weighted by atomic mass is 9.83. The van der Waals surface area contributed by atoms with Crippen LogP contribution in [0.15, 0.2) is 30.5 Å². The molecule has 0 aromatic heterocycles. The molecule has 1 aromatic carbocycles. The lowest BCUT2D eigenvalue weighted by Crippen LogP contribution is -2.58. The number of amides is 2. The molecule has 200 valence electrons. The van der Waals surface area contributed by atoms with Crippen LogP contribution >= 0.6 is 0 Å². The molecule has 2 amide bonds. The molecule has 1 aromatic rings. The standard InChI is InChI=1S/C29H39N3O5/c1-19-7-10-24(26(33)30-19)32-12-20-11-21(8-9-22(20)27(32)34)37-25-6-4-5-23(25)31(13-28(2)15-35-16-28)14-29(3)17-36-18-29/h8-9,11,23-25H,1,4-7,10,12-18H2,2-3H3,(H,30,33)/t23-,24?,25?/m1/s1. The number of nitrogens with zero attached hydrogens (tertiary/aromatic N) is 2. The van der Waals surface area contributed by atoms with Gasteiger partial charge >= 0.3 is 0 Å². The second-order valence-electron chi connectivity index (χ2n) is 12.6. The first-order valence-electron chi connectivity index (χ1n) is 13.7. The van der Waals surface area contributed by atoms with E-state index in [0.717, 1.165) is 75.8 Å². The number of carbonyl (C=O) groups excluding carboxylic acids is 2. The minimum Gasteiger partial charge on any atom is -0.489 e. The molecule has 0 radical (unpaired) electrons. The van der Waals surface area contributed by atoms with Crippen molar-refractivity contribution in [3.8, 4) is 5.75 Å². The predicted molar refractivity (Wildman–Crippen MR) is 138 cm³/mol. The Balaban J connectivity index is 1.16. The normalized spacial score (nSPS) is 30.1. The zero-order valence-corrected chi connectivity index (χ0v) is 22.1. The van der Waals surface area contributed by atoms with Crippen LogP contribution in [-0.2, 0) is 20.8 Å². The van der Waals surface area contributed by atoms with E-state index in [4.69, 9.17) is 14.2 Å². The summed E-state index contributed by atoms with van der Waals surface area (Å²) in [5.74, 6) is 0.591. The Hall–Kier alpha value is -2.42. The Morgan fingerprint density at radius 3 is 2.41 bits per heavy atom. The molecule has 37 heavy (non-hydrogen) atoms. The lowest BCUT2D eigenvalue weighted by molar-refractivity contribution is -0.151. The van der Waals surface area contributed by atoms with E-state index < -0.39 is 6.04 Å². The predicted octanol–water partition coefficient (Wildman–Crippen LogP) is 3.11. The molecule has 4 aliphatic heterocycles. The van der Waals surface area contributed by atoms with E-state index in [1.165, 1.54) is 0 Å². The molecule has 6 rings (SSSR count). The molecular formula is C29H39N3O5. The highest BCUT2D eigenvalue weighted by Gasteiger charge is 2.45. The number of benzene rings is 1. The van der Waals surface area contributed by atoms with Gasteiger partial charge in [-0.05, 0) is 55.9 Å². The third kappa shape index (κ3) is 4.79. The molecule has 1 aliphatic carbocycles. The fourth-order valence-corrected chi connectivity index (χ4v) is 6.70. The largest absolute Gasteiger partial charge is 0.489 e. The molecule has 0 bridgehead atoms. The molecule has 4 heterocycles. The number of piperidine rings is 1. The maximum absolute atomic E-state index is 13.1. The van der Waals surface area contributed by atoms with Crippen molar-refractivity contribution in [1.82, 2.24) is 15.1 Å². The Kier molecular flexibility index (Phi) is 6.32. The fourth-order valence-electron chi connectivity index (χ4n) is 6.70. The Morgan fingerprint density at radius 1 is 1.08 bits per heavy atom. The number of hydrogen-bond acceptors (Lipinski definition) is 6. The number of rotatable bonds is 8. The van der Waals surface area contributed by atoms with Gasteiger partial charge in [0.1, 0.15) is 17.9 Å².